The molecule has 25 heavy (non-hydrogen) atoms. The second kappa shape index (κ2) is 8.51. The van der Waals surface area contributed by atoms with Crippen molar-refractivity contribution < 1.29 is 0 Å². The van der Waals surface area contributed by atoms with E-state index in [-0.39, 0.29) is 0 Å². The Morgan fingerprint density at radius 2 is 0.720 bits per heavy atom. The van der Waals surface area contributed by atoms with Gasteiger partial charge >= 0.3 is 0 Å². The SMILES string of the molecule is Nc1ccccc1-c1ccccc1.c1ccc(-c2ccccc2)cc1. The van der Waals surface area contributed by atoms with Crippen LogP contribution in [0.2, 0.25) is 0 Å². The number of nitrogen functional groups attached to an aromatic ring is 1. The first-order valence-corrected chi connectivity index (χ1v) is 8.35. The number of anilines is 1. The van der Waals surface area contributed by atoms with Crippen molar-refractivity contribution in [2.24, 2.45) is 0 Å². The van der Waals surface area contributed by atoms with E-state index in [1.807, 2.05) is 54.6 Å². The van der Waals surface area contributed by atoms with Gasteiger partial charge in [0.05, 0.1) is 0 Å². The molecule has 1 nitrogen and oxygen atoms in total. The van der Waals surface area contributed by atoms with E-state index >= 15 is 0 Å². The summed E-state index contributed by atoms with van der Waals surface area (Å²) >= 11 is 0. The highest BCUT2D eigenvalue weighted by molar-refractivity contribution is 5.75. The highest BCUT2D eigenvalue weighted by Gasteiger charge is 1.98. The number of hydrogen-bond acceptors (Lipinski definition) is 1. The van der Waals surface area contributed by atoms with Gasteiger partial charge in [-0.2, -0.15) is 0 Å². The zero-order chi connectivity index (χ0) is 17.3. The smallest absolute Gasteiger partial charge is 0.0393 e. The summed E-state index contributed by atoms with van der Waals surface area (Å²) in [5, 5.41) is 0. The summed E-state index contributed by atoms with van der Waals surface area (Å²) < 4.78 is 0. The monoisotopic (exact) mass is 323 g/mol. The van der Waals surface area contributed by atoms with Crippen LogP contribution in [0.4, 0.5) is 5.69 Å². The predicted molar refractivity (Wildman–Crippen MR) is 108 cm³/mol. The molecule has 4 rings (SSSR count). The fourth-order valence-corrected chi connectivity index (χ4v) is 2.64. The van der Waals surface area contributed by atoms with Crippen molar-refractivity contribution in [3.8, 4) is 22.3 Å². The topological polar surface area (TPSA) is 26.0 Å². The Morgan fingerprint density at radius 1 is 0.360 bits per heavy atom. The third-order valence-electron chi connectivity index (χ3n) is 3.93. The average Bonchev–Trinajstić information content (AvgIpc) is 2.71. The summed E-state index contributed by atoms with van der Waals surface area (Å²) in [5.41, 5.74) is 11.5. The van der Waals surface area contributed by atoms with Crippen molar-refractivity contribution in [2.75, 3.05) is 5.73 Å². The Bertz CT molecular complexity index is 847. The Balaban J connectivity index is 0.000000146. The second-order valence-electron chi connectivity index (χ2n) is 5.69. The molecular weight excluding hydrogens is 302 g/mol. The first kappa shape index (κ1) is 16.5. The van der Waals surface area contributed by atoms with Crippen LogP contribution in [0.1, 0.15) is 0 Å². The normalized spacial score (nSPS) is 9.76. The first-order valence-electron chi connectivity index (χ1n) is 8.35. The first-order chi connectivity index (χ1) is 12.3. The molecule has 0 saturated heterocycles. The van der Waals surface area contributed by atoms with Crippen LogP contribution >= 0.6 is 0 Å². The Morgan fingerprint density at radius 3 is 1.16 bits per heavy atom. The van der Waals surface area contributed by atoms with Gasteiger partial charge in [0.2, 0.25) is 0 Å². The van der Waals surface area contributed by atoms with Crippen LogP contribution in [0.15, 0.2) is 115 Å². The molecule has 0 bridgehead atoms. The summed E-state index contributed by atoms with van der Waals surface area (Å²) in [6, 6.07) is 38.8. The van der Waals surface area contributed by atoms with Gasteiger partial charge in [-0.1, -0.05) is 109 Å². The fraction of sp³-hybridized carbons (Fsp3) is 0. The van der Waals surface area contributed by atoms with Crippen LogP contribution in [0.25, 0.3) is 22.3 Å². The maximum atomic E-state index is 5.85. The summed E-state index contributed by atoms with van der Waals surface area (Å²) in [5.74, 6) is 0. The van der Waals surface area contributed by atoms with Crippen molar-refractivity contribution in [3.63, 3.8) is 0 Å². The highest BCUT2D eigenvalue weighted by Crippen LogP contribution is 2.24. The van der Waals surface area contributed by atoms with E-state index in [9.17, 15) is 0 Å². The van der Waals surface area contributed by atoms with Crippen LogP contribution in [-0.4, -0.2) is 0 Å². The van der Waals surface area contributed by atoms with Gasteiger partial charge in [-0.05, 0) is 22.8 Å². The number of benzene rings is 4. The number of rotatable bonds is 2. The third kappa shape index (κ3) is 4.58. The summed E-state index contributed by atoms with van der Waals surface area (Å²) in [7, 11) is 0. The molecule has 0 saturated carbocycles. The van der Waals surface area contributed by atoms with Gasteiger partial charge in [0.15, 0.2) is 0 Å². The molecule has 0 spiro atoms. The molecule has 0 heterocycles. The van der Waals surface area contributed by atoms with Crippen LogP contribution < -0.4 is 5.73 Å². The second-order valence-corrected chi connectivity index (χ2v) is 5.69. The van der Waals surface area contributed by atoms with Crippen LogP contribution in [0, 0.1) is 0 Å². The molecule has 0 amide bonds. The Hall–Kier alpha value is -3.32. The van der Waals surface area contributed by atoms with E-state index in [1.54, 1.807) is 0 Å². The minimum atomic E-state index is 0.828. The Kier molecular flexibility index (Phi) is 5.63. The fourth-order valence-electron chi connectivity index (χ4n) is 2.64. The zero-order valence-corrected chi connectivity index (χ0v) is 14.0. The lowest BCUT2D eigenvalue weighted by atomic mass is 10.0. The molecule has 0 fully saturated rings. The molecule has 0 aromatic heterocycles. The standard InChI is InChI=1S/C12H11N.C12H10/c13-12-9-5-4-8-11(12)10-6-2-1-3-7-10;1-3-7-11(8-4-1)12-9-5-2-6-10-12/h1-9H,13H2;1-10H. The van der Waals surface area contributed by atoms with Gasteiger partial charge in [-0.25, -0.2) is 0 Å². The van der Waals surface area contributed by atoms with Crippen molar-refractivity contribution in [3.05, 3.63) is 115 Å². The number of hydrogen-bond donors (Lipinski definition) is 1. The predicted octanol–water partition coefficient (Wildman–Crippen LogP) is 6.29. The molecule has 4 aromatic rings. The van der Waals surface area contributed by atoms with E-state index in [0.29, 0.717) is 0 Å². The molecular formula is C24H21N. The van der Waals surface area contributed by atoms with E-state index in [2.05, 4.69) is 60.7 Å². The molecule has 0 aliphatic carbocycles. The minimum absolute atomic E-state index is 0.828. The summed E-state index contributed by atoms with van der Waals surface area (Å²) in [6.45, 7) is 0. The van der Waals surface area contributed by atoms with Gasteiger partial charge < -0.3 is 5.73 Å². The number of para-hydroxylation sites is 1. The lowest BCUT2D eigenvalue weighted by molar-refractivity contribution is 1.61. The van der Waals surface area contributed by atoms with Gasteiger partial charge in [0.25, 0.3) is 0 Å². The molecule has 122 valence electrons. The minimum Gasteiger partial charge on any atom is -0.398 e. The molecule has 4 aromatic carbocycles. The highest BCUT2D eigenvalue weighted by atomic mass is 14.6. The van der Waals surface area contributed by atoms with Crippen molar-refractivity contribution in [2.45, 2.75) is 0 Å². The number of nitrogens with two attached hydrogens (primary N) is 1. The Labute approximate surface area is 149 Å². The molecule has 1 heteroatoms. The maximum Gasteiger partial charge on any atom is 0.0393 e. The molecule has 0 aliphatic rings. The summed E-state index contributed by atoms with van der Waals surface area (Å²) in [6.07, 6.45) is 0. The van der Waals surface area contributed by atoms with Gasteiger partial charge in [0.1, 0.15) is 0 Å². The molecule has 0 radical (unpaired) electrons. The zero-order valence-electron chi connectivity index (χ0n) is 14.0. The maximum absolute atomic E-state index is 5.85. The third-order valence-corrected chi connectivity index (χ3v) is 3.93. The average molecular weight is 323 g/mol. The lowest BCUT2D eigenvalue weighted by Gasteiger charge is -2.03. The van der Waals surface area contributed by atoms with Gasteiger partial charge in [-0.3, -0.25) is 0 Å². The van der Waals surface area contributed by atoms with Crippen molar-refractivity contribution in [1.82, 2.24) is 0 Å². The van der Waals surface area contributed by atoms with E-state index in [0.717, 1.165) is 11.3 Å². The molecule has 2 N–H and O–H groups in total. The lowest BCUT2D eigenvalue weighted by Crippen LogP contribution is -1.88. The van der Waals surface area contributed by atoms with E-state index in [4.69, 9.17) is 5.73 Å². The van der Waals surface area contributed by atoms with Crippen LogP contribution in [0.3, 0.4) is 0 Å². The van der Waals surface area contributed by atoms with Crippen molar-refractivity contribution >= 4 is 5.69 Å². The van der Waals surface area contributed by atoms with Crippen LogP contribution in [-0.2, 0) is 0 Å². The quantitative estimate of drug-likeness (QED) is 0.431. The van der Waals surface area contributed by atoms with Crippen LogP contribution in [0.5, 0.6) is 0 Å². The molecule has 0 atom stereocenters. The molecule has 0 aliphatic heterocycles. The summed E-state index contributed by atoms with van der Waals surface area (Å²) in [4.78, 5) is 0. The van der Waals surface area contributed by atoms with Crippen molar-refractivity contribution in [1.29, 1.82) is 0 Å². The molecule has 0 unspecified atom stereocenters. The van der Waals surface area contributed by atoms with E-state index < -0.39 is 0 Å². The largest absolute Gasteiger partial charge is 0.398 e. The van der Waals surface area contributed by atoms with Gasteiger partial charge in [-0.15, -0.1) is 0 Å². The van der Waals surface area contributed by atoms with E-state index in [1.165, 1.54) is 16.7 Å². The van der Waals surface area contributed by atoms with Gasteiger partial charge in [0, 0.05) is 11.3 Å².